The summed E-state index contributed by atoms with van der Waals surface area (Å²) in [5.41, 5.74) is 4.47. The van der Waals surface area contributed by atoms with Gasteiger partial charge in [-0.15, -0.1) is 0 Å². The lowest BCUT2D eigenvalue weighted by Gasteiger charge is -2.12. The van der Waals surface area contributed by atoms with Crippen LogP contribution in [0.1, 0.15) is 10.4 Å². The Kier molecular flexibility index (Phi) is 9.01. The Morgan fingerprint density at radius 3 is 2.21 bits per heavy atom. The molecule has 0 unspecified atom stereocenters. The third-order valence-corrected chi connectivity index (χ3v) is 4.44. The van der Waals surface area contributed by atoms with Gasteiger partial charge in [0.15, 0.2) is 6.29 Å². The maximum absolute atomic E-state index is 12.9. The average molecular weight is 415 g/mol. The molecule has 0 aliphatic heterocycles. The van der Waals surface area contributed by atoms with Crippen LogP contribution < -0.4 is 14.8 Å². The second kappa shape index (κ2) is 11.7. The van der Waals surface area contributed by atoms with Crippen molar-refractivity contribution in [2.24, 2.45) is 0 Å². The highest BCUT2D eigenvalue weighted by Gasteiger charge is 2.05. The number of nitrogens with one attached hydrogen (secondary N) is 2. The number of carbonyl (C=O) groups excluding carboxylic acids is 1. The third-order valence-electron chi connectivity index (χ3n) is 3.97. The minimum Gasteiger partial charge on any atom is -0.496 e. The summed E-state index contributed by atoms with van der Waals surface area (Å²) in [4.78, 5) is 10.3. The van der Waals surface area contributed by atoms with Crippen LogP contribution >= 0.6 is 12.2 Å². The van der Waals surface area contributed by atoms with Crippen molar-refractivity contribution in [1.29, 1.82) is 0 Å². The van der Waals surface area contributed by atoms with Gasteiger partial charge >= 0.3 is 0 Å². The summed E-state index contributed by atoms with van der Waals surface area (Å²) in [6.07, 6.45) is 0.777. The molecule has 0 radical (unpaired) electrons. The molecule has 3 rings (SSSR count). The Labute approximate surface area is 174 Å². The molecule has 0 atom stereocenters. The normalized spacial score (nSPS) is 9.79. The van der Waals surface area contributed by atoms with Crippen LogP contribution in [-0.4, -0.2) is 27.6 Å². The molecular formula is C22H23FN2O3S. The molecule has 152 valence electrons. The molecule has 0 saturated heterocycles. The molecule has 0 bridgehead atoms. The standard InChI is InChI=1S/C14H15FN2OS.C8H8O2/c1-16-14-9-11(5-8-13(14)17-19-18-2)10-3-6-12(15)7-4-10;1-10-8-5-3-2-4-7(8)6-9/h3-9,16-17H,1-2H3;2-6H,1H3. The van der Waals surface area contributed by atoms with Gasteiger partial charge in [-0.25, -0.2) is 4.39 Å². The SMILES string of the molecule is CNc1cc(-c2ccc(F)cc2)ccc1NSOC.COc1ccccc1C=O. The lowest BCUT2D eigenvalue weighted by atomic mass is 10.0. The second-order valence-electron chi connectivity index (χ2n) is 5.73. The lowest BCUT2D eigenvalue weighted by molar-refractivity contribution is 0.112. The summed E-state index contributed by atoms with van der Waals surface area (Å²) in [6, 6.07) is 19.5. The lowest BCUT2D eigenvalue weighted by Crippen LogP contribution is -1.96. The third kappa shape index (κ3) is 6.51. The molecule has 0 aliphatic rings. The first kappa shape index (κ1) is 22.3. The number of ether oxygens (including phenoxy) is 1. The van der Waals surface area contributed by atoms with Gasteiger partial charge in [0.25, 0.3) is 0 Å². The number of hydrogen-bond donors (Lipinski definition) is 2. The van der Waals surface area contributed by atoms with E-state index < -0.39 is 0 Å². The van der Waals surface area contributed by atoms with Crippen LogP contribution in [0.2, 0.25) is 0 Å². The molecule has 29 heavy (non-hydrogen) atoms. The Morgan fingerprint density at radius 2 is 1.62 bits per heavy atom. The van der Waals surface area contributed by atoms with E-state index in [-0.39, 0.29) is 5.82 Å². The van der Waals surface area contributed by atoms with Crippen LogP contribution in [0.5, 0.6) is 5.75 Å². The van der Waals surface area contributed by atoms with Crippen molar-refractivity contribution in [1.82, 2.24) is 0 Å². The summed E-state index contributed by atoms with van der Waals surface area (Å²) in [5, 5.41) is 3.12. The Hall–Kier alpha value is -3.03. The van der Waals surface area contributed by atoms with E-state index in [0.29, 0.717) is 11.3 Å². The molecule has 3 aromatic rings. The summed E-state index contributed by atoms with van der Waals surface area (Å²) < 4.78 is 25.8. The number of hydrogen-bond acceptors (Lipinski definition) is 6. The molecule has 2 N–H and O–H groups in total. The molecule has 0 spiro atoms. The van der Waals surface area contributed by atoms with Gasteiger partial charge in [-0.05, 0) is 47.5 Å². The number of para-hydroxylation sites is 1. The predicted octanol–water partition coefficient (Wildman–Crippen LogP) is 5.66. The van der Waals surface area contributed by atoms with Crippen molar-refractivity contribution in [3.63, 3.8) is 0 Å². The smallest absolute Gasteiger partial charge is 0.153 e. The van der Waals surface area contributed by atoms with Crippen molar-refractivity contribution < 1.29 is 18.1 Å². The van der Waals surface area contributed by atoms with Crippen LogP contribution in [0.15, 0.2) is 66.7 Å². The van der Waals surface area contributed by atoms with E-state index in [0.717, 1.165) is 41.0 Å². The molecule has 0 saturated carbocycles. The number of halogens is 1. The number of carbonyl (C=O) groups is 1. The van der Waals surface area contributed by atoms with Gasteiger partial charge < -0.3 is 19.0 Å². The number of benzene rings is 3. The molecule has 0 heterocycles. The van der Waals surface area contributed by atoms with Crippen molar-refractivity contribution in [2.45, 2.75) is 0 Å². The van der Waals surface area contributed by atoms with Gasteiger partial charge in [0.1, 0.15) is 23.8 Å². The molecule has 5 nitrogen and oxygen atoms in total. The highest BCUT2D eigenvalue weighted by molar-refractivity contribution is 7.96. The van der Waals surface area contributed by atoms with E-state index in [1.807, 2.05) is 31.3 Å². The number of aldehydes is 1. The summed E-state index contributed by atoms with van der Waals surface area (Å²) in [6.45, 7) is 0. The molecule has 0 aliphatic carbocycles. The van der Waals surface area contributed by atoms with Gasteiger partial charge in [0.2, 0.25) is 0 Å². The largest absolute Gasteiger partial charge is 0.496 e. The molecule has 7 heteroatoms. The fourth-order valence-electron chi connectivity index (χ4n) is 2.51. The highest BCUT2D eigenvalue weighted by atomic mass is 32.2. The van der Waals surface area contributed by atoms with E-state index in [1.165, 1.54) is 12.1 Å². The zero-order valence-corrected chi connectivity index (χ0v) is 17.3. The van der Waals surface area contributed by atoms with E-state index >= 15 is 0 Å². The van der Waals surface area contributed by atoms with Crippen molar-refractivity contribution in [3.05, 3.63) is 78.1 Å². The van der Waals surface area contributed by atoms with Gasteiger partial charge in [0, 0.05) is 7.05 Å². The molecule has 0 amide bonds. The summed E-state index contributed by atoms with van der Waals surface area (Å²) in [7, 11) is 5.00. The Bertz CT molecular complexity index is 920. The molecule has 3 aromatic carbocycles. The average Bonchev–Trinajstić information content (AvgIpc) is 2.78. The van der Waals surface area contributed by atoms with E-state index in [4.69, 9.17) is 8.92 Å². The first-order valence-electron chi connectivity index (χ1n) is 8.74. The Morgan fingerprint density at radius 1 is 0.931 bits per heavy atom. The van der Waals surface area contributed by atoms with E-state index in [9.17, 15) is 9.18 Å². The number of rotatable bonds is 7. The maximum atomic E-state index is 12.9. The minimum absolute atomic E-state index is 0.229. The highest BCUT2D eigenvalue weighted by Crippen LogP contribution is 2.30. The fraction of sp³-hybridized carbons (Fsp3) is 0.136. The quantitative estimate of drug-likeness (QED) is 0.295. The van der Waals surface area contributed by atoms with Crippen molar-refractivity contribution in [2.75, 3.05) is 31.3 Å². The van der Waals surface area contributed by atoms with Crippen LogP contribution in [-0.2, 0) is 4.18 Å². The first-order chi connectivity index (χ1) is 14.1. The van der Waals surface area contributed by atoms with Gasteiger partial charge in [-0.3, -0.25) is 4.79 Å². The van der Waals surface area contributed by atoms with Crippen LogP contribution in [0.3, 0.4) is 0 Å². The Balaban J connectivity index is 0.000000253. The molecule has 0 aromatic heterocycles. The monoisotopic (exact) mass is 414 g/mol. The minimum atomic E-state index is -0.229. The zero-order chi connectivity index (χ0) is 21.1. The molecule has 0 fully saturated rings. The number of anilines is 2. The van der Waals surface area contributed by atoms with Crippen LogP contribution in [0.4, 0.5) is 15.8 Å². The zero-order valence-electron chi connectivity index (χ0n) is 16.4. The second-order valence-corrected chi connectivity index (χ2v) is 6.43. The first-order valence-corrected chi connectivity index (χ1v) is 9.48. The maximum Gasteiger partial charge on any atom is 0.153 e. The summed E-state index contributed by atoms with van der Waals surface area (Å²) >= 11 is 1.15. The fourth-order valence-corrected chi connectivity index (χ4v) is 2.86. The van der Waals surface area contributed by atoms with E-state index in [2.05, 4.69) is 10.0 Å². The van der Waals surface area contributed by atoms with Gasteiger partial charge in [-0.2, -0.15) is 0 Å². The van der Waals surface area contributed by atoms with Crippen molar-refractivity contribution >= 4 is 29.9 Å². The van der Waals surface area contributed by atoms with Crippen LogP contribution in [0.25, 0.3) is 11.1 Å². The summed E-state index contributed by atoms with van der Waals surface area (Å²) in [5.74, 6) is 0.393. The van der Waals surface area contributed by atoms with Gasteiger partial charge in [0.05, 0.1) is 31.2 Å². The van der Waals surface area contributed by atoms with Crippen molar-refractivity contribution in [3.8, 4) is 16.9 Å². The number of methoxy groups -OCH3 is 1. The van der Waals surface area contributed by atoms with Gasteiger partial charge in [-0.1, -0.05) is 30.3 Å². The predicted molar refractivity (Wildman–Crippen MR) is 118 cm³/mol. The van der Waals surface area contributed by atoms with E-state index in [1.54, 1.807) is 44.6 Å². The molecular weight excluding hydrogens is 391 g/mol. The van der Waals surface area contributed by atoms with Crippen LogP contribution in [0, 0.1) is 5.82 Å². The topological polar surface area (TPSA) is 59.6 Å².